The Morgan fingerprint density at radius 2 is 2.27 bits per heavy atom. The third-order valence-electron chi connectivity index (χ3n) is 2.16. The molecule has 2 rings (SSSR count). The van der Waals surface area contributed by atoms with E-state index in [-0.39, 0.29) is 5.69 Å². The first-order chi connectivity index (χ1) is 7.20. The fourth-order valence-electron chi connectivity index (χ4n) is 1.53. The average molecular weight is 224 g/mol. The van der Waals surface area contributed by atoms with Gasteiger partial charge in [-0.05, 0) is 24.7 Å². The number of fused-ring (bicyclic) bond motifs is 1. The van der Waals surface area contributed by atoms with Crippen LogP contribution in [0.25, 0.3) is 10.9 Å². The Morgan fingerprint density at radius 3 is 3.00 bits per heavy atom. The fraction of sp³-hybridized carbons (Fsp3) is 0.200. The van der Waals surface area contributed by atoms with E-state index in [1.165, 1.54) is 0 Å². The molecule has 78 valence electrons. The Bertz CT molecular complexity index is 550. The summed E-state index contributed by atoms with van der Waals surface area (Å²) in [6, 6.07) is 5.28. The maximum absolute atomic E-state index is 11.2. The first-order valence-electron chi connectivity index (χ1n) is 4.59. The summed E-state index contributed by atoms with van der Waals surface area (Å²) in [4.78, 5) is 17.8. The van der Waals surface area contributed by atoms with Crippen LogP contribution in [0.1, 0.15) is 5.69 Å². The Hall–Kier alpha value is -1.39. The molecule has 1 aromatic heterocycles. The highest BCUT2D eigenvalue weighted by molar-refractivity contribution is 6.31. The number of H-pyrrole nitrogens is 1. The SMILES string of the molecule is NCCc1[nH]c(=O)nc2cc(Cl)ccc12. The quantitative estimate of drug-likeness (QED) is 0.800. The van der Waals surface area contributed by atoms with Gasteiger partial charge in [0, 0.05) is 22.5 Å². The zero-order valence-corrected chi connectivity index (χ0v) is 8.71. The first kappa shape index (κ1) is 10.1. The van der Waals surface area contributed by atoms with E-state index < -0.39 is 0 Å². The lowest BCUT2D eigenvalue weighted by atomic mass is 10.1. The molecule has 0 saturated carbocycles. The molecule has 0 aliphatic heterocycles. The molecular formula is C10H10ClN3O. The second-order valence-electron chi connectivity index (χ2n) is 3.22. The summed E-state index contributed by atoms with van der Waals surface area (Å²) in [6.45, 7) is 0.484. The maximum atomic E-state index is 11.2. The zero-order valence-electron chi connectivity index (χ0n) is 7.96. The lowest BCUT2D eigenvalue weighted by Crippen LogP contribution is -2.15. The van der Waals surface area contributed by atoms with Crippen molar-refractivity contribution in [1.82, 2.24) is 9.97 Å². The highest BCUT2D eigenvalue weighted by Crippen LogP contribution is 2.18. The van der Waals surface area contributed by atoms with Crippen molar-refractivity contribution < 1.29 is 0 Å². The largest absolute Gasteiger partial charge is 0.345 e. The summed E-state index contributed by atoms with van der Waals surface area (Å²) in [5.74, 6) is 0. The van der Waals surface area contributed by atoms with Crippen LogP contribution in [-0.2, 0) is 6.42 Å². The topological polar surface area (TPSA) is 71.8 Å². The molecule has 0 aliphatic carbocycles. The normalized spacial score (nSPS) is 10.8. The number of benzene rings is 1. The number of aromatic nitrogens is 2. The van der Waals surface area contributed by atoms with Crippen LogP contribution in [0.4, 0.5) is 0 Å². The van der Waals surface area contributed by atoms with E-state index in [9.17, 15) is 4.79 Å². The van der Waals surface area contributed by atoms with Crippen molar-refractivity contribution >= 4 is 22.5 Å². The van der Waals surface area contributed by atoms with Gasteiger partial charge in [0.05, 0.1) is 5.52 Å². The van der Waals surface area contributed by atoms with Gasteiger partial charge in [-0.2, -0.15) is 4.98 Å². The van der Waals surface area contributed by atoms with Gasteiger partial charge in [-0.1, -0.05) is 11.6 Å². The van der Waals surface area contributed by atoms with Crippen molar-refractivity contribution in [2.45, 2.75) is 6.42 Å². The molecule has 0 amide bonds. The Kier molecular flexibility index (Phi) is 2.70. The molecule has 0 atom stereocenters. The number of nitrogens with two attached hydrogens (primary N) is 1. The van der Waals surface area contributed by atoms with Crippen molar-refractivity contribution in [3.63, 3.8) is 0 Å². The van der Waals surface area contributed by atoms with E-state index in [2.05, 4.69) is 9.97 Å². The van der Waals surface area contributed by atoms with Crippen molar-refractivity contribution in [3.05, 3.63) is 39.4 Å². The number of nitrogens with one attached hydrogen (secondary N) is 1. The van der Waals surface area contributed by atoms with E-state index >= 15 is 0 Å². The van der Waals surface area contributed by atoms with Crippen LogP contribution in [0.2, 0.25) is 5.02 Å². The number of aromatic amines is 1. The Balaban J connectivity index is 2.74. The van der Waals surface area contributed by atoms with E-state index in [1.54, 1.807) is 12.1 Å². The van der Waals surface area contributed by atoms with Crippen LogP contribution in [0.3, 0.4) is 0 Å². The first-order valence-corrected chi connectivity index (χ1v) is 4.97. The molecule has 0 unspecified atom stereocenters. The molecule has 0 aliphatic rings. The van der Waals surface area contributed by atoms with Crippen LogP contribution in [-0.4, -0.2) is 16.5 Å². The van der Waals surface area contributed by atoms with Crippen molar-refractivity contribution in [1.29, 1.82) is 0 Å². The summed E-state index contributed by atoms with van der Waals surface area (Å²) in [7, 11) is 0. The van der Waals surface area contributed by atoms with Crippen LogP contribution >= 0.6 is 11.6 Å². The molecule has 2 aromatic rings. The minimum atomic E-state index is -0.367. The van der Waals surface area contributed by atoms with Gasteiger partial charge in [-0.15, -0.1) is 0 Å². The molecule has 0 saturated heterocycles. The average Bonchev–Trinajstić information content (AvgIpc) is 2.17. The molecule has 1 aromatic carbocycles. The number of nitrogens with zero attached hydrogens (tertiary/aromatic N) is 1. The van der Waals surface area contributed by atoms with Gasteiger partial charge in [-0.25, -0.2) is 4.79 Å². The molecule has 0 radical (unpaired) electrons. The lowest BCUT2D eigenvalue weighted by molar-refractivity contribution is 0.910. The van der Waals surface area contributed by atoms with Gasteiger partial charge >= 0.3 is 5.69 Å². The van der Waals surface area contributed by atoms with Crippen molar-refractivity contribution in [2.24, 2.45) is 5.73 Å². The van der Waals surface area contributed by atoms with Crippen molar-refractivity contribution in [2.75, 3.05) is 6.54 Å². The van der Waals surface area contributed by atoms with Crippen LogP contribution in [0.15, 0.2) is 23.0 Å². The third kappa shape index (κ3) is 2.00. The lowest BCUT2D eigenvalue weighted by Gasteiger charge is -2.04. The highest BCUT2D eigenvalue weighted by atomic mass is 35.5. The molecule has 0 spiro atoms. The van der Waals surface area contributed by atoms with Gasteiger partial charge in [-0.3, -0.25) is 0 Å². The molecule has 5 heteroatoms. The monoisotopic (exact) mass is 223 g/mol. The molecule has 3 N–H and O–H groups in total. The number of hydrogen-bond donors (Lipinski definition) is 2. The smallest absolute Gasteiger partial charge is 0.330 e. The summed E-state index contributed by atoms with van der Waals surface area (Å²) >= 11 is 5.82. The molecule has 4 nitrogen and oxygen atoms in total. The molecule has 0 bridgehead atoms. The highest BCUT2D eigenvalue weighted by Gasteiger charge is 2.04. The van der Waals surface area contributed by atoms with Gasteiger partial charge in [0.1, 0.15) is 0 Å². The van der Waals surface area contributed by atoms with Crippen LogP contribution < -0.4 is 11.4 Å². The van der Waals surface area contributed by atoms with Crippen LogP contribution in [0, 0.1) is 0 Å². The maximum Gasteiger partial charge on any atom is 0.345 e. The van der Waals surface area contributed by atoms with Gasteiger partial charge < -0.3 is 10.7 Å². The van der Waals surface area contributed by atoms with Gasteiger partial charge in [0.2, 0.25) is 0 Å². The van der Waals surface area contributed by atoms with Gasteiger partial charge in [0.15, 0.2) is 0 Å². The third-order valence-corrected chi connectivity index (χ3v) is 2.39. The van der Waals surface area contributed by atoms with Crippen molar-refractivity contribution in [3.8, 4) is 0 Å². The molecular weight excluding hydrogens is 214 g/mol. The second-order valence-corrected chi connectivity index (χ2v) is 3.66. The Labute approximate surface area is 91.1 Å². The minimum absolute atomic E-state index is 0.367. The predicted molar refractivity (Wildman–Crippen MR) is 60.1 cm³/mol. The minimum Gasteiger partial charge on any atom is -0.330 e. The Morgan fingerprint density at radius 1 is 1.47 bits per heavy atom. The summed E-state index contributed by atoms with van der Waals surface area (Å²) < 4.78 is 0. The van der Waals surface area contributed by atoms with Crippen LogP contribution in [0.5, 0.6) is 0 Å². The predicted octanol–water partition coefficient (Wildman–Crippen LogP) is 1.08. The van der Waals surface area contributed by atoms with E-state index in [0.717, 1.165) is 11.1 Å². The molecule has 15 heavy (non-hydrogen) atoms. The number of hydrogen-bond acceptors (Lipinski definition) is 3. The second kappa shape index (κ2) is 4.00. The van der Waals surface area contributed by atoms with E-state index in [1.807, 2.05) is 6.07 Å². The van der Waals surface area contributed by atoms with E-state index in [4.69, 9.17) is 17.3 Å². The standard InChI is InChI=1S/C10H10ClN3O/c11-6-1-2-7-8(3-4-12)13-10(15)14-9(7)5-6/h1-2,5H,3-4,12H2,(H,13,14,15). The summed E-state index contributed by atoms with van der Waals surface area (Å²) in [6.07, 6.45) is 0.621. The molecule has 0 fully saturated rings. The van der Waals surface area contributed by atoms with Gasteiger partial charge in [0.25, 0.3) is 0 Å². The number of halogens is 1. The molecule has 1 heterocycles. The zero-order chi connectivity index (χ0) is 10.8. The number of rotatable bonds is 2. The fourth-order valence-corrected chi connectivity index (χ4v) is 1.69. The summed E-state index contributed by atoms with van der Waals surface area (Å²) in [5, 5.41) is 1.46. The van der Waals surface area contributed by atoms with E-state index in [0.29, 0.717) is 23.5 Å². The summed E-state index contributed by atoms with van der Waals surface area (Å²) in [5.41, 5.74) is 6.51.